The number of likely N-dealkylation sites (tertiary alicyclic amines) is 1. The lowest BCUT2D eigenvalue weighted by Crippen LogP contribution is -2.37. The summed E-state index contributed by atoms with van der Waals surface area (Å²) in [5, 5.41) is 11.8. The molecule has 0 aromatic heterocycles. The molecule has 1 aliphatic heterocycles. The molecule has 1 N–H and O–H groups in total. The monoisotopic (exact) mass is 195 g/mol. The van der Waals surface area contributed by atoms with Gasteiger partial charge in [-0.25, -0.2) is 0 Å². The van der Waals surface area contributed by atoms with Crippen LogP contribution in [0.2, 0.25) is 0 Å². The summed E-state index contributed by atoms with van der Waals surface area (Å²) in [5.74, 6) is 0.816. The van der Waals surface area contributed by atoms with E-state index >= 15 is 0 Å². The number of hydrogen-bond donors (Lipinski definition) is 1. The second-order valence-corrected chi connectivity index (χ2v) is 4.24. The van der Waals surface area contributed by atoms with Crippen LogP contribution in [0, 0.1) is 17.2 Å². The first-order valence-electron chi connectivity index (χ1n) is 5.59. The largest absolute Gasteiger partial charge is 0.316 e. The minimum Gasteiger partial charge on any atom is -0.316 e. The fraction of sp³-hybridized carbons (Fsp3) is 0.909. The third-order valence-corrected chi connectivity index (χ3v) is 2.80. The summed E-state index contributed by atoms with van der Waals surface area (Å²) < 4.78 is 0. The van der Waals surface area contributed by atoms with Gasteiger partial charge in [-0.2, -0.15) is 5.26 Å². The van der Waals surface area contributed by atoms with Crippen molar-refractivity contribution in [3.8, 4) is 6.07 Å². The SMILES string of the molecule is CN1CCCC(CNCCCC#N)C1. The summed E-state index contributed by atoms with van der Waals surface area (Å²) in [6.45, 7) is 4.60. The van der Waals surface area contributed by atoms with Gasteiger partial charge in [-0.1, -0.05) is 0 Å². The van der Waals surface area contributed by atoms with Crippen molar-refractivity contribution in [3.05, 3.63) is 0 Å². The van der Waals surface area contributed by atoms with E-state index in [1.165, 1.54) is 25.9 Å². The van der Waals surface area contributed by atoms with Crippen molar-refractivity contribution < 1.29 is 0 Å². The van der Waals surface area contributed by atoms with Gasteiger partial charge in [-0.05, 0) is 51.9 Å². The van der Waals surface area contributed by atoms with Gasteiger partial charge in [0, 0.05) is 13.0 Å². The summed E-state index contributed by atoms with van der Waals surface area (Å²) in [6, 6.07) is 2.16. The normalized spacial score (nSPS) is 23.3. The summed E-state index contributed by atoms with van der Waals surface area (Å²) in [4.78, 5) is 2.41. The molecule has 1 unspecified atom stereocenters. The Labute approximate surface area is 87.1 Å². The number of unbranched alkanes of at least 4 members (excludes halogenated alkanes) is 1. The minimum atomic E-state index is 0.678. The first-order valence-corrected chi connectivity index (χ1v) is 5.59. The summed E-state index contributed by atoms with van der Waals surface area (Å²) >= 11 is 0. The first kappa shape index (κ1) is 11.5. The molecule has 14 heavy (non-hydrogen) atoms. The molecule has 3 nitrogen and oxygen atoms in total. The summed E-state index contributed by atoms with van der Waals surface area (Å²) in [6.07, 6.45) is 4.35. The Morgan fingerprint density at radius 3 is 3.14 bits per heavy atom. The number of hydrogen-bond acceptors (Lipinski definition) is 3. The van der Waals surface area contributed by atoms with Crippen LogP contribution in [0.1, 0.15) is 25.7 Å². The van der Waals surface area contributed by atoms with Crippen LogP contribution in [0.15, 0.2) is 0 Å². The number of piperidine rings is 1. The van der Waals surface area contributed by atoms with Crippen LogP contribution < -0.4 is 5.32 Å². The van der Waals surface area contributed by atoms with Crippen LogP contribution in [0.3, 0.4) is 0 Å². The zero-order valence-electron chi connectivity index (χ0n) is 9.13. The highest BCUT2D eigenvalue weighted by Gasteiger charge is 2.15. The Morgan fingerprint density at radius 2 is 2.43 bits per heavy atom. The van der Waals surface area contributed by atoms with E-state index in [0.717, 1.165) is 25.4 Å². The number of nitrogens with zero attached hydrogens (tertiary/aromatic N) is 2. The van der Waals surface area contributed by atoms with Gasteiger partial charge in [-0.3, -0.25) is 0 Å². The maximum Gasteiger partial charge on any atom is 0.0622 e. The highest BCUT2D eigenvalue weighted by Crippen LogP contribution is 2.13. The number of nitriles is 1. The molecule has 80 valence electrons. The van der Waals surface area contributed by atoms with Gasteiger partial charge in [0.05, 0.1) is 6.07 Å². The Hall–Kier alpha value is -0.590. The van der Waals surface area contributed by atoms with Crippen LogP contribution in [0.25, 0.3) is 0 Å². The molecule has 0 aromatic carbocycles. The summed E-state index contributed by atoms with van der Waals surface area (Å²) in [7, 11) is 2.20. The topological polar surface area (TPSA) is 39.1 Å². The third-order valence-electron chi connectivity index (χ3n) is 2.80. The zero-order valence-corrected chi connectivity index (χ0v) is 9.13. The van der Waals surface area contributed by atoms with E-state index in [2.05, 4.69) is 23.3 Å². The molecule has 0 aromatic rings. The van der Waals surface area contributed by atoms with E-state index < -0.39 is 0 Å². The Bertz CT molecular complexity index is 185. The van der Waals surface area contributed by atoms with E-state index in [0.29, 0.717) is 6.42 Å². The number of rotatable bonds is 5. The lowest BCUT2D eigenvalue weighted by molar-refractivity contribution is 0.206. The Balaban J connectivity index is 1.98. The maximum atomic E-state index is 8.36. The highest BCUT2D eigenvalue weighted by molar-refractivity contribution is 4.73. The van der Waals surface area contributed by atoms with Gasteiger partial charge < -0.3 is 10.2 Å². The molecule has 0 aliphatic carbocycles. The molecular formula is C11H21N3. The summed E-state index contributed by atoms with van der Waals surface area (Å²) in [5.41, 5.74) is 0. The molecule has 0 spiro atoms. The molecule has 0 radical (unpaired) electrons. The predicted molar refractivity (Wildman–Crippen MR) is 57.9 cm³/mol. The van der Waals surface area contributed by atoms with Crippen LogP contribution >= 0.6 is 0 Å². The van der Waals surface area contributed by atoms with Gasteiger partial charge in [0.25, 0.3) is 0 Å². The molecule has 0 amide bonds. The van der Waals surface area contributed by atoms with E-state index in [1.54, 1.807) is 0 Å². The van der Waals surface area contributed by atoms with Crippen molar-refractivity contribution in [3.63, 3.8) is 0 Å². The predicted octanol–water partition coefficient (Wildman–Crippen LogP) is 1.22. The van der Waals surface area contributed by atoms with Gasteiger partial charge in [0.2, 0.25) is 0 Å². The van der Waals surface area contributed by atoms with Gasteiger partial charge in [0.1, 0.15) is 0 Å². The van der Waals surface area contributed by atoms with Crippen molar-refractivity contribution in [2.24, 2.45) is 5.92 Å². The van der Waals surface area contributed by atoms with Crippen molar-refractivity contribution in [1.29, 1.82) is 5.26 Å². The van der Waals surface area contributed by atoms with E-state index in [9.17, 15) is 0 Å². The molecule has 1 rings (SSSR count). The van der Waals surface area contributed by atoms with Crippen molar-refractivity contribution in [1.82, 2.24) is 10.2 Å². The second kappa shape index (κ2) is 6.80. The van der Waals surface area contributed by atoms with Crippen LogP contribution in [-0.4, -0.2) is 38.1 Å². The Morgan fingerprint density at radius 1 is 1.57 bits per heavy atom. The van der Waals surface area contributed by atoms with Crippen molar-refractivity contribution in [2.75, 3.05) is 33.2 Å². The molecular weight excluding hydrogens is 174 g/mol. The lowest BCUT2D eigenvalue weighted by Gasteiger charge is -2.29. The molecule has 1 fully saturated rings. The van der Waals surface area contributed by atoms with E-state index in [-0.39, 0.29) is 0 Å². The maximum absolute atomic E-state index is 8.36. The van der Waals surface area contributed by atoms with Gasteiger partial charge >= 0.3 is 0 Å². The lowest BCUT2D eigenvalue weighted by atomic mass is 9.98. The number of nitrogens with one attached hydrogen (secondary N) is 1. The molecule has 1 heterocycles. The van der Waals surface area contributed by atoms with Crippen LogP contribution in [-0.2, 0) is 0 Å². The van der Waals surface area contributed by atoms with E-state index in [1.807, 2.05) is 0 Å². The second-order valence-electron chi connectivity index (χ2n) is 4.24. The fourth-order valence-corrected chi connectivity index (χ4v) is 2.04. The average Bonchev–Trinajstić information content (AvgIpc) is 2.18. The minimum absolute atomic E-state index is 0.678. The van der Waals surface area contributed by atoms with Crippen LogP contribution in [0.5, 0.6) is 0 Å². The average molecular weight is 195 g/mol. The smallest absolute Gasteiger partial charge is 0.0622 e. The molecule has 3 heteroatoms. The first-order chi connectivity index (χ1) is 6.83. The quantitative estimate of drug-likeness (QED) is 0.670. The highest BCUT2D eigenvalue weighted by atomic mass is 15.1. The van der Waals surface area contributed by atoms with Crippen molar-refractivity contribution >= 4 is 0 Å². The van der Waals surface area contributed by atoms with Crippen LogP contribution in [0.4, 0.5) is 0 Å². The molecule has 1 aliphatic rings. The van der Waals surface area contributed by atoms with Crippen molar-refractivity contribution in [2.45, 2.75) is 25.7 Å². The van der Waals surface area contributed by atoms with Gasteiger partial charge in [0.15, 0.2) is 0 Å². The molecule has 0 saturated carbocycles. The third kappa shape index (κ3) is 4.59. The standard InChI is InChI=1S/C11H21N3/c1-14-8-4-5-11(10-14)9-13-7-3-2-6-12/h11,13H,2-5,7-10H2,1H3. The van der Waals surface area contributed by atoms with Gasteiger partial charge in [-0.15, -0.1) is 0 Å². The zero-order chi connectivity index (χ0) is 10.2. The molecule has 1 atom stereocenters. The Kier molecular flexibility index (Phi) is 5.58. The molecule has 1 saturated heterocycles. The molecule has 0 bridgehead atoms. The fourth-order valence-electron chi connectivity index (χ4n) is 2.04. The van der Waals surface area contributed by atoms with E-state index in [4.69, 9.17) is 5.26 Å².